The molecule has 3 rings (SSSR count). The smallest absolute Gasteiger partial charge is 0.0577 e. The highest BCUT2D eigenvalue weighted by molar-refractivity contribution is 5.26. The van der Waals surface area contributed by atoms with E-state index in [9.17, 15) is 5.11 Å². The van der Waals surface area contributed by atoms with Gasteiger partial charge in [-0.1, -0.05) is 30.3 Å². The van der Waals surface area contributed by atoms with E-state index >= 15 is 0 Å². The number of aliphatic hydroxyl groups is 1. The number of hydrogen-bond donors (Lipinski definition) is 1. The van der Waals surface area contributed by atoms with Gasteiger partial charge in [-0.05, 0) is 49.5 Å². The lowest BCUT2D eigenvalue weighted by Crippen LogP contribution is -2.15. The first-order valence-corrected chi connectivity index (χ1v) is 7.19. The lowest BCUT2D eigenvalue weighted by atomic mass is 10.0. The van der Waals surface area contributed by atoms with Gasteiger partial charge >= 0.3 is 0 Å². The van der Waals surface area contributed by atoms with Gasteiger partial charge in [0.15, 0.2) is 0 Å². The van der Waals surface area contributed by atoms with Crippen LogP contribution in [0.5, 0.6) is 0 Å². The van der Waals surface area contributed by atoms with Crippen molar-refractivity contribution in [3.8, 4) is 0 Å². The van der Waals surface area contributed by atoms with E-state index in [1.54, 1.807) is 0 Å². The second-order valence-corrected chi connectivity index (χ2v) is 5.70. The average Bonchev–Trinajstić information content (AvgIpc) is 3.05. The molecule has 0 aromatic heterocycles. The summed E-state index contributed by atoms with van der Waals surface area (Å²) in [7, 11) is 0. The zero-order valence-corrected chi connectivity index (χ0v) is 10.8. The first kappa shape index (κ1) is 12.2. The fraction of sp³-hybridized carbons (Fsp3) is 0.625. The van der Waals surface area contributed by atoms with E-state index in [1.165, 1.54) is 18.4 Å². The van der Waals surface area contributed by atoms with Gasteiger partial charge in [0, 0.05) is 6.61 Å². The minimum Gasteiger partial charge on any atom is -0.393 e. The van der Waals surface area contributed by atoms with Gasteiger partial charge in [-0.25, -0.2) is 0 Å². The van der Waals surface area contributed by atoms with Crippen LogP contribution in [0.15, 0.2) is 30.3 Å². The Morgan fingerprint density at radius 2 is 2.11 bits per heavy atom. The summed E-state index contributed by atoms with van der Waals surface area (Å²) >= 11 is 0. The van der Waals surface area contributed by atoms with Gasteiger partial charge in [0.1, 0.15) is 0 Å². The molecule has 1 N–H and O–H groups in total. The third-order valence-corrected chi connectivity index (χ3v) is 4.37. The number of hydrogen-bond acceptors (Lipinski definition) is 2. The van der Waals surface area contributed by atoms with Gasteiger partial charge in [-0.15, -0.1) is 0 Å². The summed E-state index contributed by atoms with van der Waals surface area (Å²) in [6, 6.07) is 10.6. The van der Waals surface area contributed by atoms with E-state index in [-0.39, 0.29) is 6.10 Å². The maximum atomic E-state index is 10.2. The van der Waals surface area contributed by atoms with Crippen LogP contribution in [0, 0.1) is 5.92 Å². The van der Waals surface area contributed by atoms with Crippen LogP contribution in [0.2, 0.25) is 0 Å². The van der Waals surface area contributed by atoms with E-state index in [4.69, 9.17) is 4.74 Å². The SMILES string of the molecule is OC(CCC1CCCO1)C1CC1c1ccccc1. The molecule has 2 fully saturated rings. The molecule has 1 saturated carbocycles. The maximum absolute atomic E-state index is 10.2. The van der Waals surface area contributed by atoms with Crippen LogP contribution in [0.4, 0.5) is 0 Å². The molecule has 18 heavy (non-hydrogen) atoms. The van der Waals surface area contributed by atoms with Crippen LogP contribution in [-0.2, 0) is 4.74 Å². The summed E-state index contributed by atoms with van der Waals surface area (Å²) in [5, 5.41) is 10.2. The van der Waals surface area contributed by atoms with Gasteiger partial charge in [0.05, 0.1) is 12.2 Å². The Labute approximate surface area is 109 Å². The third-order valence-electron chi connectivity index (χ3n) is 4.37. The molecule has 0 radical (unpaired) electrons. The summed E-state index contributed by atoms with van der Waals surface area (Å²) in [4.78, 5) is 0. The highest BCUT2D eigenvalue weighted by atomic mass is 16.5. The number of benzene rings is 1. The molecule has 0 bridgehead atoms. The Hall–Kier alpha value is -0.860. The number of aliphatic hydroxyl groups excluding tert-OH is 1. The second-order valence-electron chi connectivity index (χ2n) is 5.70. The molecule has 4 atom stereocenters. The molecule has 1 aromatic rings. The van der Waals surface area contributed by atoms with Crippen molar-refractivity contribution in [2.75, 3.05) is 6.61 Å². The van der Waals surface area contributed by atoms with Gasteiger partial charge in [-0.3, -0.25) is 0 Å². The fourth-order valence-corrected chi connectivity index (χ4v) is 3.17. The van der Waals surface area contributed by atoms with Crippen LogP contribution in [0.25, 0.3) is 0 Å². The molecule has 1 heterocycles. The molecule has 1 aromatic carbocycles. The fourth-order valence-electron chi connectivity index (χ4n) is 3.17. The Morgan fingerprint density at radius 1 is 1.28 bits per heavy atom. The predicted octanol–water partition coefficient (Wildman–Crippen LogP) is 3.11. The molecule has 2 aliphatic rings. The van der Waals surface area contributed by atoms with Crippen molar-refractivity contribution < 1.29 is 9.84 Å². The zero-order valence-electron chi connectivity index (χ0n) is 10.8. The Kier molecular flexibility index (Phi) is 3.67. The Bertz CT molecular complexity index is 370. The molecule has 98 valence electrons. The minimum absolute atomic E-state index is 0.139. The topological polar surface area (TPSA) is 29.5 Å². The van der Waals surface area contributed by atoms with E-state index in [1.807, 2.05) is 0 Å². The summed E-state index contributed by atoms with van der Waals surface area (Å²) in [5.41, 5.74) is 1.39. The van der Waals surface area contributed by atoms with E-state index in [0.717, 1.165) is 25.9 Å². The van der Waals surface area contributed by atoms with Gasteiger partial charge in [0.25, 0.3) is 0 Å². The normalized spacial score (nSPS) is 32.4. The van der Waals surface area contributed by atoms with Crippen molar-refractivity contribution in [3.05, 3.63) is 35.9 Å². The molecule has 2 nitrogen and oxygen atoms in total. The van der Waals surface area contributed by atoms with Crippen molar-refractivity contribution in [1.82, 2.24) is 0 Å². The molecule has 1 aliphatic carbocycles. The lowest BCUT2D eigenvalue weighted by molar-refractivity contribution is 0.0744. The van der Waals surface area contributed by atoms with Crippen molar-refractivity contribution in [2.24, 2.45) is 5.92 Å². The summed E-state index contributed by atoms with van der Waals surface area (Å²) in [5.74, 6) is 1.07. The lowest BCUT2D eigenvalue weighted by Gasteiger charge is -2.13. The van der Waals surface area contributed by atoms with Crippen LogP contribution in [-0.4, -0.2) is 23.9 Å². The van der Waals surface area contributed by atoms with Gasteiger partial charge in [-0.2, -0.15) is 0 Å². The Morgan fingerprint density at radius 3 is 2.83 bits per heavy atom. The third kappa shape index (κ3) is 2.76. The number of rotatable bonds is 5. The van der Waals surface area contributed by atoms with Crippen LogP contribution in [0.1, 0.15) is 43.6 Å². The van der Waals surface area contributed by atoms with Crippen LogP contribution >= 0.6 is 0 Å². The van der Waals surface area contributed by atoms with Crippen molar-refractivity contribution in [1.29, 1.82) is 0 Å². The monoisotopic (exact) mass is 246 g/mol. The molecule has 1 saturated heterocycles. The molecule has 1 aliphatic heterocycles. The number of ether oxygens (including phenoxy) is 1. The standard InChI is InChI=1S/C16H22O2/c17-16(9-8-13-7-4-10-18-13)15-11-14(15)12-5-2-1-3-6-12/h1-3,5-6,13-17H,4,7-11H2. The van der Waals surface area contributed by atoms with Crippen molar-refractivity contribution >= 4 is 0 Å². The minimum atomic E-state index is -0.139. The van der Waals surface area contributed by atoms with Crippen molar-refractivity contribution in [2.45, 2.75) is 50.2 Å². The molecule has 0 spiro atoms. The van der Waals surface area contributed by atoms with Gasteiger partial charge < -0.3 is 9.84 Å². The largest absolute Gasteiger partial charge is 0.393 e. The molecular formula is C16H22O2. The first-order valence-electron chi connectivity index (χ1n) is 7.19. The molecule has 4 unspecified atom stereocenters. The molecular weight excluding hydrogens is 224 g/mol. The summed E-state index contributed by atoms with van der Waals surface area (Å²) < 4.78 is 5.60. The highest BCUT2D eigenvalue weighted by Crippen LogP contribution is 2.50. The van der Waals surface area contributed by atoms with Crippen molar-refractivity contribution in [3.63, 3.8) is 0 Å². The van der Waals surface area contributed by atoms with E-state index in [0.29, 0.717) is 17.9 Å². The second kappa shape index (κ2) is 5.41. The Balaban J connectivity index is 1.45. The molecule has 0 amide bonds. The summed E-state index contributed by atoms with van der Waals surface area (Å²) in [6.45, 7) is 0.914. The van der Waals surface area contributed by atoms with E-state index in [2.05, 4.69) is 30.3 Å². The maximum Gasteiger partial charge on any atom is 0.0577 e. The van der Waals surface area contributed by atoms with Gasteiger partial charge in [0.2, 0.25) is 0 Å². The van der Waals surface area contributed by atoms with Crippen LogP contribution in [0.3, 0.4) is 0 Å². The van der Waals surface area contributed by atoms with Crippen LogP contribution < -0.4 is 0 Å². The quantitative estimate of drug-likeness (QED) is 0.865. The van der Waals surface area contributed by atoms with E-state index < -0.39 is 0 Å². The predicted molar refractivity (Wildman–Crippen MR) is 71.5 cm³/mol. The average molecular weight is 246 g/mol. The first-order chi connectivity index (χ1) is 8.84. The summed E-state index contributed by atoms with van der Waals surface area (Å²) in [6.07, 6.45) is 5.72. The highest BCUT2D eigenvalue weighted by Gasteiger charge is 2.43. The zero-order chi connectivity index (χ0) is 12.4. The molecule has 2 heteroatoms.